The molecule has 0 atom stereocenters. The van der Waals surface area contributed by atoms with Crippen molar-refractivity contribution in [2.45, 2.75) is 27.7 Å². The Kier molecular flexibility index (Phi) is 5.60. The average Bonchev–Trinajstić information content (AvgIpc) is 2.67. The molecule has 6 heteroatoms. The zero-order valence-corrected chi connectivity index (χ0v) is 17.3. The molecule has 0 aliphatic heterocycles. The van der Waals surface area contributed by atoms with E-state index < -0.39 is 17.0 Å². The molecule has 30 heavy (non-hydrogen) atoms. The monoisotopic (exact) mass is 406 g/mol. The molecule has 0 saturated heterocycles. The zero-order chi connectivity index (χ0) is 22.1. The molecule has 0 saturated carbocycles. The van der Waals surface area contributed by atoms with Gasteiger partial charge in [0.25, 0.3) is 0 Å². The normalized spacial score (nSPS) is 11.2. The average molecular weight is 406 g/mol. The van der Waals surface area contributed by atoms with E-state index in [1.807, 2.05) is 0 Å². The van der Waals surface area contributed by atoms with Gasteiger partial charge in [-0.05, 0) is 63.6 Å². The van der Waals surface area contributed by atoms with E-state index in [1.165, 1.54) is 6.07 Å². The molecule has 0 radical (unpaired) electrons. The van der Waals surface area contributed by atoms with Gasteiger partial charge in [-0.2, -0.15) is 0 Å². The lowest BCUT2D eigenvalue weighted by atomic mass is 9.97. The van der Waals surface area contributed by atoms with Gasteiger partial charge in [-0.1, -0.05) is 18.7 Å². The van der Waals surface area contributed by atoms with Crippen molar-refractivity contribution in [3.8, 4) is 22.6 Å². The molecular formula is C24H22O6. The van der Waals surface area contributed by atoms with Crippen molar-refractivity contribution in [1.82, 2.24) is 0 Å². The van der Waals surface area contributed by atoms with Gasteiger partial charge in [-0.3, -0.25) is 4.79 Å². The van der Waals surface area contributed by atoms with Gasteiger partial charge in [0.05, 0.1) is 11.0 Å². The van der Waals surface area contributed by atoms with Gasteiger partial charge in [-0.15, -0.1) is 0 Å². The first kappa shape index (κ1) is 21.0. The minimum absolute atomic E-state index is 0.293. The molecule has 3 aromatic rings. The predicted octanol–water partition coefficient (Wildman–Crippen LogP) is 4.89. The second-order valence-corrected chi connectivity index (χ2v) is 7.98. The first-order valence-electron chi connectivity index (χ1n) is 9.33. The van der Waals surface area contributed by atoms with Gasteiger partial charge in [0.1, 0.15) is 17.1 Å². The van der Waals surface area contributed by atoms with Gasteiger partial charge in [0.2, 0.25) is 0 Å². The Morgan fingerprint density at radius 3 is 2.17 bits per heavy atom. The third-order valence-corrected chi connectivity index (χ3v) is 4.25. The fourth-order valence-electron chi connectivity index (χ4n) is 2.51. The number of esters is 2. The highest BCUT2D eigenvalue weighted by molar-refractivity contribution is 5.89. The molecule has 0 fully saturated rings. The lowest BCUT2D eigenvalue weighted by Crippen LogP contribution is -2.25. The Bertz CT molecular complexity index is 1190. The third kappa shape index (κ3) is 4.66. The summed E-state index contributed by atoms with van der Waals surface area (Å²) >= 11 is 0. The van der Waals surface area contributed by atoms with Crippen LogP contribution >= 0.6 is 0 Å². The summed E-state index contributed by atoms with van der Waals surface area (Å²) in [5.41, 5.74) is 0.402. The third-order valence-electron chi connectivity index (χ3n) is 4.25. The summed E-state index contributed by atoms with van der Waals surface area (Å²) in [5, 5.41) is 0.679. The minimum atomic E-state index is -0.648. The van der Waals surface area contributed by atoms with Gasteiger partial charge in [0, 0.05) is 17.0 Å². The van der Waals surface area contributed by atoms with E-state index in [0.29, 0.717) is 39.2 Å². The van der Waals surface area contributed by atoms with Crippen molar-refractivity contribution in [3.05, 3.63) is 71.1 Å². The SMILES string of the molecule is C=C(C)C(=O)Oc1ccc(-c2cc3ccc(OC(=O)C(C)(C)C)cc3oc2=O)cc1. The summed E-state index contributed by atoms with van der Waals surface area (Å²) in [6, 6.07) is 13.1. The predicted molar refractivity (Wildman–Crippen MR) is 113 cm³/mol. The molecule has 1 aromatic heterocycles. The van der Waals surface area contributed by atoms with Gasteiger partial charge in [-0.25, -0.2) is 9.59 Å². The quantitative estimate of drug-likeness (QED) is 0.265. The highest BCUT2D eigenvalue weighted by Gasteiger charge is 2.24. The van der Waals surface area contributed by atoms with Crippen molar-refractivity contribution in [2.75, 3.05) is 0 Å². The molecule has 1 heterocycles. The van der Waals surface area contributed by atoms with Gasteiger partial charge < -0.3 is 13.9 Å². The smallest absolute Gasteiger partial charge is 0.344 e. The summed E-state index contributed by atoms with van der Waals surface area (Å²) in [7, 11) is 0. The van der Waals surface area contributed by atoms with E-state index in [9.17, 15) is 14.4 Å². The summed E-state index contributed by atoms with van der Waals surface area (Å²) in [6.07, 6.45) is 0. The standard InChI is InChI=1S/C24H22O6/c1-14(2)21(25)28-17-9-6-15(7-10-17)19-12-16-8-11-18(13-20(16)30-22(19)26)29-23(27)24(3,4)5/h6-13H,1H2,2-5H3. The van der Waals surface area contributed by atoms with Crippen molar-refractivity contribution < 1.29 is 23.5 Å². The number of fused-ring (bicyclic) bond motifs is 1. The van der Waals surface area contributed by atoms with E-state index >= 15 is 0 Å². The number of carbonyl (C=O) groups excluding carboxylic acids is 2. The number of carbonyl (C=O) groups is 2. The lowest BCUT2D eigenvalue weighted by Gasteiger charge is -2.16. The maximum absolute atomic E-state index is 12.5. The molecule has 0 spiro atoms. The largest absolute Gasteiger partial charge is 0.426 e. The lowest BCUT2D eigenvalue weighted by molar-refractivity contribution is -0.143. The van der Waals surface area contributed by atoms with Crippen LogP contribution in [0.25, 0.3) is 22.1 Å². The summed E-state index contributed by atoms with van der Waals surface area (Å²) in [6.45, 7) is 10.4. The van der Waals surface area contributed by atoms with Crippen molar-refractivity contribution >= 4 is 22.9 Å². The summed E-state index contributed by atoms with van der Waals surface area (Å²) in [5.74, 6) is -0.242. The zero-order valence-electron chi connectivity index (χ0n) is 17.3. The Labute approximate surface area is 173 Å². The maximum atomic E-state index is 12.5. The Hall–Kier alpha value is -3.67. The fraction of sp³-hybridized carbons (Fsp3) is 0.208. The van der Waals surface area contributed by atoms with Crippen LogP contribution < -0.4 is 15.1 Å². The molecule has 0 amide bonds. The molecule has 0 N–H and O–H groups in total. The minimum Gasteiger partial charge on any atom is -0.426 e. The van der Waals surface area contributed by atoms with E-state index in [-0.39, 0.29) is 5.97 Å². The molecule has 3 rings (SSSR count). The van der Waals surface area contributed by atoms with Crippen LogP contribution in [0.2, 0.25) is 0 Å². The van der Waals surface area contributed by atoms with Crippen LogP contribution in [-0.4, -0.2) is 11.9 Å². The summed E-state index contributed by atoms with van der Waals surface area (Å²) in [4.78, 5) is 36.2. The number of benzene rings is 2. The van der Waals surface area contributed by atoms with Crippen molar-refractivity contribution in [1.29, 1.82) is 0 Å². The van der Waals surface area contributed by atoms with Crippen molar-refractivity contribution in [3.63, 3.8) is 0 Å². The topological polar surface area (TPSA) is 82.8 Å². The summed E-state index contributed by atoms with van der Waals surface area (Å²) < 4.78 is 15.9. The first-order valence-corrected chi connectivity index (χ1v) is 9.33. The van der Waals surface area contributed by atoms with Crippen LogP contribution in [-0.2, 0) is 9.59 Å². The molecule has 2 aromatic carbocycles. The second kappa shape index (κ2) is 7.99. The van der Waals surface area contributed by atoms with E-state index in [0.717, 1.165) is 0 Å². The van der Waals surface area contributed by atoms with Crippen LogP contribution in [0.4, 0.5) is 0 Å². The van der Waals surface area contributed by atoms with Crippen LogP contribution in [0, 0.1) is 5.41 Å². The molecule has 0 aliphatic carbocycles. The molecule has 154 valence electrons. The Morgan fingerprint density at radius 1 is 0.933 bits per heavy atom. The van der Waals surface area contributed by atoms with E-state index in [1.54, 1.807) is 70.2 Å². The molecule has 0 unspecified atom stereocenters. The Morgan fingerprint density at radius 2 is 1.57 bits per heavy atom. The van der Waals surface area contributed by atoms with E-state index in [4.69, 9.17) is 13.9 Å². The second-order valence-electron chi connectivity index (χ2n) is 7.98. The van der Waals surface area contributed by atoms with Gasteiger partial charge in [0.15, 0.2) is 0 Å². The maximum Gasteiger partial charge on any atom is 0.344 e. The van der Waals surface area contributed by atoms with Gasteiger partial charge >= 0.3 is 17.6 Å². The number of rotatable bonds is 4. The first-order chi connectivity index (χ1) is 14.0. The molecule has 0 aliphatic rings. The van der Waals surface area contributed by atoms with Crippen molar-refractivity contribution in [2.24, 2.45) is 5.41 Å². The highest BCUT2D eigenvalue weighted by Crippen LogP contribution is 2.27. The number of ether oxygens (including phenoxy) is 2. The molecule has 6 nitrogen and oxygen atoms in total. The molecular weight excluding hydrogens is 384 g/mol. The van der Waals surface area contributed by atoms with Crippen LogP contribution in [0.1, 0.15) is 27.7 Å². The van der Waals surface area contributed by atoms with Crippen LogP contribution in [0.3, 0.4) is 0 Å². The number of hydrogen-bond acceptors (Lipinski definition) is 6. The number of hydrogen-bond donors (Lipinski definition) is 0. The van der Waals surface area contributed by atoms with E-state index in [2.05, 4.69) is 6.58 Å². The Balaban J connectivity index is 1.89. The molecule has 0 bridgehead atoms. The highest BCUT2D eigenvalue weighted by atomic mass is 16.5. The van der Waals surface area contributed by atoms with Crippen LogP contribution in [0.5, 0.6) is 11.5 Å². The van der Waals surface area contributed by atoms with Crippen LogP contribution in [0.15, 0.2) is 69.9 Å². The fourth-order valence-corrected chi connectivity index (χ4v) is 2.51.